The Hall–Kier alpha value is -3.41. The van der Waals surface area contributed by atoms with E-state index in [-0.39, 0.29) is 18.1 Å². The summed E-state index contributed by atoms with van der Waals surface area (Å²) in [7, 11) is 1.59. The van der Waals surface area contributed by atoms with Gasteiger partial charge in [0.25, 0.3) is 0 Å². The molecule has 1 aromatic heterocycles. The van der Waals surface area contributed by atoms with Crippen molar-refractivity contribution in [3.8, 4) is 17.2 Å². The van der Waals surface area contributed by atoms with Gasteiger partial charge >= 0.3 is 0 Å². The van der Waals surface area contributed by atoms with E-state index in [1.165, 1.54) is 6.92 Å². The first kappa shape index (κ1) is 18.4. The first-order valence-electron chi connectivity index (χ1n) is 8.48. The lowest BCUT2D eigenvalue weighted by Crippen LogP contribution is -2.15. The summed E-state index contributed by atoms with van der Waals surface area (Å²) in [5.74, 6) is 1.44. The molecule has 0 atom stereocenters. The second-order valence-electron chi connectivity index (χ2n) is 6.12. The van der Waals surface area contributed by atoms with Crippen LogP contribution in [-0.2, 0) is 11.2 Å². The molecule has 3 rings (SSSR count). The van der Waals surface area contributed by atoms with Gasteiger partial charge in [-0.2, -0.15) is 0 Å². The molecular weight excluding hydrogens is 344 g/mol. The van der Waals surface area contributed by atoms with Gasteiger partial charge in [-0.15, -0.1) is 0 Å². The average molecular weight is 364 g/mol. The van der Waals surface area contributed by atoms with Crippen molar-refractivity contribution in [3.05, 3.63) is 65.5 Å². The topological polar surface area (TPSA) is 81.4 Å². The van der Waals surface area contributed by atoms with Gasteiger partial charge in [-0.1, -0.05) is 18.2 Å². The van der Waals surface area contributed by atoms with Crippen molar-refractivity contribution < 1.29 is 18.7 Å². The molecule has 0 spiro atoms. The number of nitrogens with one attached hydrogen (secondary N) is 1. The Kier molecular flexibility index (Phi) is 5.35. The summed E-state index contributed by atoms with van der Waals surface area (Å²) in [4.78, 5) is 28.3. The average Bonchev–Trinajstić information content (AvgIpc) is 3.02. The van der Waals surface area contributed by atoms with Gasteiger partial charge in [-0.3, -0.25) is 9.59 Å². The second-order valence-corrected chi connectivity index (χ2v) is 6.12. The Morgan fingerprint density at radius 1 is 1.15 bits per heavy atom. The number of carbonyl (C=O) groups excluding carboxylic acids is 2. The molecule has 1 heterocycles. The first-order valence-corrected chi connectivity index (χ1v) is 8.48. The molecule has 2 aromatic carbocycles. The lowest BCUT2D eigenvalue weighted by atomic mass is 10.1. The van der Waals surface area contributed by atoms with Gasteiger partial charge in [0, 0.05) is 16.8 Å². The summed E-state index contributed by atoms with van der Waals surface area (Å²) in [5.41, 5.74) is 2.46. The van der Waals surface area contributed by atoms with Gasteiger partial charge in [0.15, 0.2) is 5.78 Å². The minimum atomic E-state index is -0.232. The van der Waals surface area contributed by atoms with Crippen LogP contribution in [0.2, 0.25) is 0 Å². The van der Waals surface area contributed by atoms with Crippen LogP contribution in [0.5, 0.6) is 5.75 Å². The number of methoxy groups -OCH3 is 1. The van der Waals surface area contributed by atoms with Crippen molar-refractivity contribution in [2.24, 2.45) is 0 Å². The Morgan fingerprint density at radius 3 is 2.67 bits per heavy atom. The van der Waals surface area contributed by atoms with Crippen LogP contribution in [0.1, 0.15) is 28.7 Å². The number of rotatable bonds is 6. The highest BCUT2D eigenvalue weighted by molar-refractivity contribution is 5.97. The van der Waals surface area contributed by atoms with Gasteiger partial charge in [0.2, 0.25) is 11.8 Å². The van der Waals surface area contributed by atoms with E-state index in [9.17, 15) is 9.59 Å². The zero-order valence-electron chi connectivity index (χ0n) is 15.4. The number of oxazole rings is 1. The van der Waals surface area contributed by atoms with Crippen LogP contribution in [0.25, 0.3) is 11.5 Å². The molecule has 0 fully saturated rings. The predicted molar refractivity (Wildman–Crippen MR) is 102 cm³/mol. The molecule has 6 nitrogen and oxygen atoms in total. The maximum Gasteiger partial charge on any atom is 0.230 e. The third kappa shape index (κ3) is 4.41. The molecule has 6 heteroatoms. The highest BCUT2D eigenvalue weighted by Crippen LogP contribution is 2.25. The van der Waals surface area contributed by atoms with Crippen LogP contribution in [0.4, 0.5) is 5.69 Å². The maximum absolute atomic E-state index is 12.4. The fourth-order valence-corrected chi connectivity index (χ4v) is 2.64. The molecule has 0 bridgehead atoms. The largest absolute Gasteiger partial charge is 0.497 e. The third-order valence-electron chi connectivity index (χ3n) is 4.09. The van der Waals surface area contributed by atoms with Gasteiger partial charge in [-0.05, 0) is 44.2 Å². The van der Waals surface area contributed by atoms with Gasteiger partial charge in [0.05, 0.1) is 19.2 Å². The summed E-state index contributed by atoms with van der Waals surface area (Å²) in [6, 6.07) is 14.2. The molecule has 0 unspecified atom stereocenters. The molecule has 0 aliphatic heterocycles. The second kappa shape index (κ2) is 7.86. The number of nitrogens with zero attached hydrogens (tertiary/aromatic N) is 1. The summed E-state index contributed by atoms with van der Waals surface area (Å²) in [5, 5.41) is 2.79. The SMILES string of the molecule is COc1cccc(-c2nc(CC(=O)Nc3cccc(C(C)=O)c3)c(C)o2)c1. The number of aryl methyl sites for hydroxylation is 1. The molecule has 0 saturated carbocycles. The van der Waals surface area contributed by atoms with E-state index in [1.807, 2.05) is 24.3 Å². The van der Waals surface area contributed by atoms with E-state index in [1.54, 1.807) is 38.3 Å². The molecular formula is C21H20N2O4. The van der Waals surface area contributed by atoms with Crippen LogP contribution < -0.4 is 10.1 Å². The normalized spacial score (nSPS) is 10.5. The Balaban J connectivity index is 1.74. The first-order chi connectivity index (χ1) is 13.0. The number of Topliss-reactive ketones (excluding diaryl/α,β-unsaturated/α-hetero) is 1. The molecule has 27 heavy (non-hydrogen) atoms. The molecule has 3 aromatic rings. The number of carbonyl (C=O) groups is 2. The van der Waals surface area contributed by atoms with E-state index < -0.39 is 0 Å². The molecule has 1 N–H and O–H groups in total. The molecule has 138 valence electrons. The summed E-state index contributed by atoms with van der Waals surface area (Å²) < 4.78 is 10.9. The fourth-order valence-electron chi connectivity index (χ4n) is 2.64. The predicted octanol–water partition coefficient (Wildman–Crippen LogP) is 4.04. The summed E-state index contributed by atoms with van der Waals surface area (Å²) in [6.45, 7) is 3.26. The van der Waals surface area contributed by atoms with Crippen LogP contribution in [0.15, 0.2) is 52.9 Å². The lowest BCUT2D eigenvalue weighted by Gasteiger charge is -2.05. The van der Waals surface area contributed by atoms with Crippen LogP contribution in [0.3, 0.4) is 0 Å². The maximum atomic E-state index is 12.4. The van der Waals surface area contributed by atoms with Crippen LogP contribution in [-0.4, -0.2) is 23.8 Å². The third-order valence-corrected chi connectivity index (χ3v) is 4.09. The van der Waals surface area contributed by atoms with E-state index >= 15 is 0 Å². The number of amides is 1. The van der Waals surface area contributed by atoms with Gasteiger partial charge in [-0.25, -0.2) is 4.98 Å². The zero-order valence-corrected chi connectivity index (χ0v) is 15.4. The van der Waals surface area contributed by atoms with E-state index in [4.69, 9.17) is 9.15 Å². The fraction of sp³-hybridized carbons (Fsp3) is 0.190. The van der Waals surface area contributed by atoms with Crippen molar-refractivity contribution in [3.63, 3.8) is 0 Å². The highest BCUT2D eigenvalue weighted by Gasteiger charge is 2.15. The number of benzene rings is 2. The summed E-state index contributed by atoms with van der Waals surface area (Å²) in [6.07, 6.45) is 0.0730. The van der Waals surface area contributed by atoms with E-state index in [0.29, 0.717) is 34.3 Å². The number of hydrogen-bond donors (Lipinski definition) is 1. The number of hydrogen-bond acceptors (Lipinski definition) is 5. The van der Waals surface area contributed by atoms with Crippen molar-refractivity contribution in [2.45, 2.75) is 20.3 Å². The number of ether oxygens (including phenoxy) is 1. The van der Waals surface area contributed by atoms with Crippen molar-refractivity contribution >= 4 is 17.4 Å². The minimum Gasteiger partial charge on any atom is -0.497 e. The standard InChI is InChI=1S/C21H20N2O4/c1-13(24)15-6-4-8-17(10-15)22-20(25)12-19-14(2)27-21(23-19)16-7-5-9-18(11-16)26-3/h4-11H,12H2,1-3H3,(H,22,25). The smallest absolute Gasteiger partial charge is 0.230 e. The molecule has 1 amide bonds. The van der Waals surface area contributed by atoms with Crippen molar-refractivity contribution in [1.29, 1.82) is 0 Å². The Labute approximate surface area is 157 Å². The van der Waals surface area contributed by atoms with Gasteiger partial charge in [0.1, 0.15) is 11.5 Å². The number of anilines is 1. The van der Waals surface area contributed by atoms with Crippen LogP contribution >= 0.6 is 0 Å². The van der Waals surface area contributed by atoms with E-state index in [0.717, 1.165) is 5.56 Å². The van der Waals surface area contributed by atoms with Crippen molar-refractivity contribution in [2.75, 3.05) is 12.4 Å². The Bertz CT molecular complexity index is 991. The summed E-state index contributed by atoms with van der Waals surface area (Å²) >= 11 is 0. The molecule has 0 radical (unpaired) electrons. The molecule has 0 aliphatic carbocycles. The highest BCUT2D eigenvalue weighted by atomic mass is 16.5. The quantitative estimate of drug-likeness (QED) is 0.668. The monoisotopic (exact) mass is 364 g/mol. The van der Waals surface area contributed by atoms with Crippen LogP contribution in [0, 0.1) is 6.92 Å². The van der Waals surface area contributed by atoms with Crippen molar-refractivity contribution in [1.82, 2.24) is 4.98 Å². The minimum absolute atomic E-state index is 0.0543. The number of ketones is 1. The zero-order chi connectivity index (χ0) is 19.4. The molecule has 0 saturated heterocycles. The van der Waals surface area contributed by atoms with E-state index in [2.05, 4.69) is 10.3 Å². The number of aromatic nitrogens is 1. The van der Waals surface area contributed by atoms with Gasteiger partial charge < -0.3 is 14.5 Å². The molecule has 0 aliphatic rings. The Morgan fingerprint density at radius 2 is 1.93 bits per heavy atom. The lowest BCUT2D eigenvalue weighted by molar-refractivity contribution is -0.115.